The Bertz CT molecular complexity index is 1150. The van der Waals surface area contributed by atoms with E-state index in [2.05, 4.69) is 0 Å². The summed E-state index contributed by atoms with van der Waals surface area (Å²) in [6.07, 6.45) is -4.80. The molecule has 0 saturated carbocycles. The topological polar surface area (TPSA) is 60.2 Å². The molecule has 8 heteroatoms. The molecule has 32 heavy (non-hydrogen) atoms. The molecule has 0 amide bonds. The summed E-state index contributed by atoms with van der Waals surface area (Å²) < 4.78 is 40.8. The van der Waals surface area contributed by atoms with Crippen LogP contribution in [-0.2, 0) is 12.6 Å². The number of carbonyl (C=O) groups excluding carboxylic acids is 1. The number of alkyl halides is 3. The summed E-state index contributed by atoms with van der Waals surface area (Å²) in [5, 5.41) is 11.7. The zero-order chi connectivity index (χ0) is 22.9. The first-order chi connectivity index (χ1) is 15.2. The van der Waals surface area contributed by atoms with Crippen LogP contribution in [0.3, 0.4) is 0 Å². The number of hydrogen-bond acceptors (Lipinski definition) is 3. The van der Waals surface area contributed by atoms with Crippen molar-refractivity contribution in [2.75, 3.05) is 6.54 Å². The van der Waals surface area contributed by atoms with E-state index in [1.165, 1.54) is 12.1 Å². The summed E-state index contributed by atoms with van der Waals surface area (Å²) in [5.41, 5.74) is -0.312. The number of nitro groups is 1. The Hall–Kier alpha value is -2.96. The molecule has 0 aliphatic heterocycles. The summed E-state index contributed by atoms with van der Waals surface area (Å²) >= 11 is -0.649. The third-order valence-corrected chi connectivity index (χ3v) is 8.81. The molecule has 4 rings (SSSR count). The molecule has 0 aromatic heterocycles. The van der Waals surface area contributed by atoms with Gasteiger partial charge in [0.15, 0.2) is 0 Å². The number of halogens is 3. The van der Waals surface area contributed by atoms with Crippen molar-refractivity contribution in [3.63, 3.8) is 0 Å². The molecule has 0 fully saturated rings. The molecule has 0 unspecified atom stereocenters. The Labute approximate surface area is 188 Å². The second-order valence-electron chi connectivity index (χ2n) is 7.62. The van der Waals surface area contributed by atoms with Gasteiger partial charge in [-0.3, -0.25) is 0 Å². The van der Waals surface area contributed by atoms with E-state index >= 15 is 0 Å². The van der Waals surface area contributed by atoms with Crippen LogP contribution in [0, 0.1) is 10.1 Å². The van der Waals surface area contributed by atoms with Crippen LogP contribution in [0.25, 0.3) is 0 Å². The quantitative estimate of drug-likeness (QED) is 0.278. The van der Waals surface area contributed by atoms with Gasteiger partial charge in [0.25, 0.3) is 0 Å². The molecule has 1 aliphatic carbocycles. The van der Waals surface area contributed by atoms with Crippen LogP contribution >= 0.6 is 0 Å². The van der Waals surface area contributed by atoms with Crippen molar-refractivity contribution in [2.24, 2.45) is 0 Å². The van der Waals surface area contributed by atoms with E-state index in [0.717, 1.165) is 10.5 Å². The number of ketones is 1. The monoisotopic (exact) mass is 505 g/mol. The van der Waals surface area contributed by atoms with Crippen molar-refractivity contribution < 1.29 is 22.9 Å². The van der Waals surface area contributed by atoms with Gasteiger partial charge in [-0.25, -0.2) is 0 Å². The van der Waals surface area contributed by atoms with Crippen LogP contribution in [0.4, 0.5) is 13.2 Å². The number of benzene rings is 3. The fourth-order valence-electron chi connectivity index (χ4n) is 4.32. The van der Waals surface area contributed by atoms with E-state index in [9.17, 15) is 28.1 Å². The van der Waals surface area contributed by atoms with Crippen molar-refractivity contribution in [3.05, 3.63) is 111 Å². The molecule has 0 heterocycles. The van der Waals surface area contributed by atoms with Crippen LogP contribution < -0.4 is 4.46 Å². The first kappa shape index (κ1) is 22.2. The molecule has 1 aliphatic rings. The van der Waals surface area contributed by atoms with Gasteiger partial charge >= 0.3 is 189 Å². The first-order valence-corrected chi connectivity index (χ1v) is 11.6. The number of carbonyl (C=O) groups is 1. The minimum absolute atomic E-state index is 0.0157. The van der Waals surface area contributed by atoms with Crippen LogP contribution in [0.15, 0.2) is 78.9 Å². The SMILES string of the molecule is O=C1c2cccc(C(F)(F)F)c2C[C@@]1([Se]c1ccccc1)[C@H](C[N+](=O)[O-])c1ccccc1. The number of fused-ring (bicyclic) bond motifs is 1. The predicted octanol–water partition coefficient (Wildman–Crippen LogP) is 4.69. The molecule has 0 saturated heterocycles. The number of Topliss-reactive ketones (excluding diaryl/α,β-unsaturated/α-hetero) is 1. The van der Waals surface area contributed by atoms with Gasteiger partial charge in [0.05, 0.1) is 0 Å². The van der Waals surface area contributed by atoms with Crippen molar-refractivity contribution >= 4 is 25.2 Å². The van der Waals surface area contributed by atoms with Gasteiger partial charge in [-0.1, -0.05) is 0 Å². The van der Waals surface area contributed by atoms with Crippen LogP contribution in [0.2, 0.25) is 4.31 Å². The fourth-order valence-corrected chi connectivity index (χ4v) is 7.43. The van der Waals surface area contributed by atoms with Crippen LogP contribution in [-0.4, -0.2) is 32.2 Å². The third-order valence-electron chi connectivity index (χ3n) is 5.69. The van der Waals surface area contributed by atoms with E-state index in [1.54, 1.807) is 42.5 Å². The molecule has 2 atom stereocenters. The zero-order valence-electron chi connectivity index (χ0n) is 16.7. The summed E-state index contributed by atoms with van der Waals surface area (Å²) in [7, 11) is 0. The number of nitrogens with zero attached hydrogens (tertiary/aromatic N) is 1. The number of rotatable bonds is 6. The van der Waals surface area contributed by atoms with Crippen LogP contribution in [0.5, 0.6) is 0 Å². The summed E-state index contributed by atoms with van der Waals surface area (Å²) in [6, 6.07) is 21.3. The van der Waals surface area contributed by atoms with E-state index in [1.807, 2.05) is 18.2 Å². The van der Waals surface area contributed by atoms with E-state index < -0.39 is 54.2 Å². The average Bonchev–Trinajstić information content (AvgIpc) is 3.05. The maximum absolute atomic E-state index is 13.8. The van der Waals surface area contributed by atoms with E-state index in [0.29, 0.717) is 5.56 Å². The summed E-state index contributed by atoms with van der Waals surface area (Å²) in [4.78, 5) is 25.0. The molecule has 3 aromatic rings. The normalized spacial score (nSPS) is 18.9. The third kappa shape index (κ3) is 4.08. The Morgan fingerprint density at radius 3 is 2.19 bits per heavy atom. The Morgan fingerprint density at radius 2 is 1.59 bits per heavy atom. The summed E-state index contributed by atoms with van der Waals surface area (Å²) in [6.45, 7) is -0.542. The van der Waals surface area contributed by atoms with Crippen molar-refractivity contribution in [1.29, 1.82) is 0 Å². The van der Waals surface area contributed by atoms with Gasteiger partial charge in [0, 0.05) is 0 Å². The van der Waals surface area contributed by atoms with E-state index in [4.69, 9.17) is 0 Å². The second kappa shape index (κ2) is 8.52. The molecule has 0 spiro atoms. The average molecular weight is 504 g/mol. The molecule has 4 nitrogen and oxygen atoms in total. The molecule has 0 N–H and O–H groups in total. The standard InChI is InChI=1S/C24H18F3NO3Se/c25-24(26,27)20-13-7-12-18-19(20)14-23(22(18)29,32-17-10-5-2-6-11-17)21(15-28(30)31)16-8-3-1-4-9-16/h1-13,21H,14-15H2/t21-,23-/m1/s1. The fraction of sp³-hybridized carbons (Fsp3) is 0.208. The zero-order valence-corrected chi connectivity index (χ0v) is 18.4. The van der Waals surface area contributed by atoms with Crippen LogP contribution in [0.1, 0.15) is 33.0 Å². The van der Waals surface area contributed by atoms with Gasteiger partial charge in [-0.15, -0.1) is 0 Å². The molecule has 0 radical (unpaired) electrons. The molecule has 164 valence electrons. The van der Waals surface area contributed by atoms with Crippen molar-refractivity contribution in [1.82, 2.24) is 0 Å². The second-order valence-corrected chi connectivity index (χ2v) is 10.6. The van der Waals surface area contributed by atoms with Gasteiger partial charge in [0.1, 0.15) is 0 Å². The van der Waals surface area contributed by atoms with E-state index in [-0.39, 0.29) is 17.5 Å². The first-order valence-electron chi connectivity index (χ1n) is 9.87. The summed E-state index contributed by atoms with van der Waals surface area (Å²) in [5.74, 6) is -1.31. The van der Waals surface area contributed by atoms with Gasteiger partial charge < -0.3 is 0 Å². The minimum atomic E-state index is -4.62. The van der Waals surface area contributed by atoms with Crippen molar-refractivity contribution in [3.8, 4) is 0 Å². The Morgan fingerprint density at radius 1 is 0.969 bits per heavy atom. The van der Waals surface area contributed by atoms with Gasteiger partial charge in [-0.05, 0) is 0 Å². The molecule has 0 bridgehead atoms. The Balaban J connectivity index is 1.93. The predicted molar refractivity (Wildman–Crippen MR) is 115 cm³/mol. The van der Waals surface area contributed by atoms with Gasteiger partial charge in [0.2, 0.25) is 0 Å². The molecule has 3 aromatic carbocycles. The van der Waals surface area contributed by atoms with Crippen molar-refractivity contribution in [2.45, 2.75) is 22.8 Å². The molecular formula is C24H18F3NO3Se. The molecular weight excluding hydrogens is 486 g/mol. The maximum atomic E-state index is 13.8. The Kier molecular flexibility index (Phi) is 5.92. The van der Waals surface area contributed by atoms with Gasteiger partial charge in [-0.2, -0.15) is 0 Å². The number of hydrogen-bond donors (Lipinski definition) is 0.